The second kappa shape index (κ2) is 12.2. The van der Waals surface area contributed by atoms with Crippen LogP contribution in [0.4, 0.5) is 0 Å². The molecule has 200 valence electrons. The first kappa shape index (κ1) is 27.3. The summed E-state index contributed by atoms with van der Waals surface area (Å²) < 4.78 is 10.6. The smallest absolute Gasteiger partial charge is 0.337 e. The molecule has 8 heteroatoms. The largest absolute Gasteiger partial charge is 0.508 e. The zero-order valence-electron chi connectivity index (χ0n) is 22.1. The second-order valence-corrected chi connectivity index (χ2v) is 9.72. The highest BCUT2D eigenvalue weighted by molar-refractivity contribution is 5.93. The summed E-state index contributed by atoms with van der Waals surface area (Å²) in [6, 6.07) is 18.6. The highest BCUT2D eigenvalue weighted by Crippen LogP contribution is 2.30. The lowest BCUT2D eigenvalue weighted by Gasteiger charge is -2.36. The van der Waals surface area contributed by atoms with Crippen molar-refractivity contribution in [1.82, 2.24) is 10.2 Å². The summed E-state index contributed by atoms with van der Waals surface area (Å²) in [5.74, 6) is -0.612. The fraction of sp³-hybridized carbons (Fsp3) is 0.333. The van der Waals surface area contributed by atoms with Crippen LogP contribution in [0.1, 0.15) is 50.4 Å². The van der Waals surface area contributed by atoms with Gasteiger partial charge in [-0.2, -0.15) is 0 Å². The van der Waals surface area contributed by atoms with Crippen LogP contribution in [0.2, 0.25) is 0 Å². The number of nitrogens with zero attached hydrogens (tertiary/aromatic N) is 1. The number of primary amides is 1. The lowest BCUT2D eigenvalue weighted by Crippen LogP contribution is -2.50. The van der Waals surface area contributed by atoms with Crippen molar-refractivity contribution in [3.8, 4) is 16.9 Å². The molecule has 1 heterocycles. The van der Waals surface area contributed by atoms with E-state index in [-0.39, 0.29) is 23.8 Å². The molecule has 4 N–H and O–H groups in total. The Balaban J connectivity index is 1.44. The van der Waals surface area contributed by atoms with Crippen molar-refractivity contribution in [2.45, 2.75) is 32.5 Å². The quantitative estimate of drug-likeness (QED) is 0.370. The van der Waals surface area contributed by atoms with Crippen LogP contribution in [0.15, 0.2) is 60.7 Å². The van der Waals surface area contributed by atoms with Gasteiger partial charge in [0.2, 0.25) is 5.91 Å². The predicted molar refractivity (Wildman–Crippen MR) is 146 cm³/mol. The van der Waals surface area contributed by atoms with E-state index < -0.39 is 5.91 Å². The number of methoxy groups -OCH3 is 1. The fourth-order valence-electron chi connectivity index (χ4n) is 4.84. The zero-order valence-corrected chi connectivity index (χ0v) is 22.1. The Morgan fingerprint density at radius 3 is 2.55 bits per heavy atom. The minimum absolute atomic E-state index is 0.0872. The van der Waals surface area contributed by atoms with Crippen molar-refractivity contribution in [1.29, 1.82) is 0 Å². The minimum atomic E-state index is -0.462. The summed E-state index contributed by atoms with van der Waals surface area (Å²) in [7, 11) is 1.37. The monoisotopic (exact) mass is 517 g/mol. The van der Waals surface area contributed by atoms with Crippen LogP contribution in [0.5, 0.6) is 5.75 Å². The molecular formula is C30H35N3O5. The molecule has 4 rings (SSSR count). The first-order valence-electron chi connectivity index (χ1n) is 12.7. The van der Waals surface area contributed by atoms with Crippen molar-refractivity contribution in [2.75, 3.05) is 33.4 Å². The van der Waals surface area contributed by atoms with E-state index in [2.05, 4.69) is 23.2 Å². The van der Waals surface area contributed by atoms with Crippen molar-refractivity contribution >= 4 is 11.9 Å². The molecule has 0 saturated carbocycles. The van der Waals surface area contributed by atoms with Gasteiger partial charge in [0.05, 0.1) is 25.9 Å². The number of phenols is 1. The van der Waals surface area contributed by atoms with Gasteiger partial charge in [0.15, 0.2) is 0 Å². The van der Waals surface area contributed by atoms with E-state index in [9.17, 15) is 14.7 Å². The van der Waals surface area contributed by atoms with Gasteiger partial charge in [-0.3, -0.25) is 9.69 Å². The van der Waals surface area contributed by atoms with Crippen LogP contribution < -0.4 is 11.1 Å². The Bertz CT molecular complexity index is 1290. The first-order chi connectivity index (χ1) is 18.2. The number of esters is 1. The summed E-state index contributed by atoms with van der Waals surface area (Å²) in [5.41, 5.74) is 11.2. The Kier molecular flexibility index (Phi) is 8.78. The summed E-state index contributed by atoms with van der Waals surface area (Å²) in [4.78, 5) is 25.6. The number of aromatic hydroxyl groups is 1. The van der Waals surface area contributed by atoms with Crippen LogP contribution in [0, 0.1) is 6.92 Å². The standard InChI is InChI=1S/C30H35N3O5/c1-19-12-24(29(31)35)8-9-28(19)25-13-21(14-27(34)15-25)17-33-10-11-38-18-26(33)16-32-20(2)22-4-6-23(7-5-22)30(36)37-3/h4-9,12-15,20,26,32,34H,10-11,16-18H2,1-3H3,(H2,31,35)/t20-,26?/m0/s1. The van der Waals surface area contributed by atoms with Crippen molar-refractivity contribution in [2.24, 2.45) is 5.73 Å². The van der Waals surface area contributed by atoms with Crippen LogP contribution in [-0.4, -0.2) is 61.3 Å². The molecule has 3 aromatic carbocycles. The molecule has 1 aliphatic heterocycles. The molecule has 0 spiro atoms. The molecule has 0 bridgehead atoms. The molecule has 2 atom stereocenters. The van der Waals surface area contributed by atoms with Crippen LogP contribution in [0.3, 0.4) is 0 Å². The first-order valence-corrected chi connectivity index (χ1v) is 12.7. The van der Waals surface area contributed by atoms with E-state index in [0.29, 0.717) is 30.9 Å². The maximum absolute atomic E-state index is 11.7. The molecule has 1 amide bonds. The third-order valence-electron chi connectivity index (χ3n) is 7.03. The lowest BCUT2D eigenvalue weighted by atomic mass is 9.96. The highest BCUT2D eigenvalue weighted by atomic mass is 16.5. The molecule has 0 aromatic heterocycles. The summed E-state index contributed by atoms with van der Waals surface area (Å²) in [6.45, 7) is 7.46. The summed E-state index contributed by atoms with van der Waals surface area (Å²) >= 11 is 0. The molecule has 1 aliphatic rings. The van der Waals surface area contributed by atoms with E-state index in [1.54, 1.807) is 36.4 Å². The molecular weight excluding hydrogens is 482 g/mol. The van der Waals surface area contributed by atoms with E-state index in [0.717, 1.165) is 40.9 Å². The summed E-state index contributed by atoms with van der Waals surface area (Å²) in [5, 5.41) is 14.1. The van der Waals surface area contributed by atoms with Crippen LogP contribution >= 0.6 is 0 Å². The minimum Gasteiger partial charge on any atom is -0.508 e. The highest BCUT2D eigenvalue weighted by Gasteiger charge is 2.24. The molecule has 1 saturated heterocycles. The van der Waals surface area contributed by atoms with Gasteiger partial charge in [-0.25, -0.2) is 4.79 Å². The van der Waals surface area contributed by atoms with E-state index in [1.165, 1.54) is 7.11 Å². The maximum atomic E-state index is 11.7. The van der Waals surface area contributed by atoms with Gasteiger partial charge in [0.1, 0.15) is 5.75 Å². The lowest BCUT2D eigenvalue weighted by molar-refractivity contribution is -0.0116. The molecule has 8 nitrogen and oxygen atoms in total. The number of ether oxygens (including phenoxy) is 2. The Labute approximate surface area is 223 Å². The van der Waals surface area contributed by atoms with Gasteiger partial charge in [-0.1, -0.05) is 18.2 Å². The van der Waals surface area contributed by atoms with Crippen LogP contribution in [0.25, 0.3) is 11.1 Å². The van der Waals surface area contributed by atoms with Crippen LogP contribution in [-0.2, 0) is 16.0 Å². The number of aryl methyl sites for hydroxylation is 1. The van der Waals surface area contributed by atoms with Gasteiger partial charge < -0.3 is 25.6 Å². The number of carbonyl (C=O) groups excluding carboxylic acids is 2. The number of hydrogen-bond donors (Lipinski definition) is 3. The number of benzene rings is 3. The van der Waals surface area contributed by atoms with Gasteiger partial charge in [0, 0.05) is 37.3 Å². The zero-order chi connectivity index (χ0) is 27.2. The average molecular weight is 518 g/mol. The van der Waals surface area contributed by atoms with E-state index in [4.69, 9.17) is 15.2 Å². The van der Waals surface area contributed by atoms with Crippen molar-refractivity contribution in [3.05, 3.63) is 88.5 Å². The third-order valence-corrected chi connectivity index (χ3v) is 7.03. The number of phenolic OH excluding ortho intramolecular Hbond substituents is 1. The van der Waals surface area contributed by atoms with Gasteiger partial charge in [-0.05, 0) is 84.1 Å². The predicted octanol–water partition coefficient (Wildman–Crippen LogP) is 3.80. The number of hydrogen-bond acceptors (Lipinski definition) is 7. The molecule has 0 aliphatic carbocycles. The van der Waals surface area contributed by atoms with E-state index in [1.807, 2.05) is 25.1 Å². The number of nitrogens with one attached hydrogen (secondary N) is 1. The molecule has 1 fully saturated rings. The molecule has 0 radical (unpaired) electrons. The number of rotatable bonds is 9. The Morgan fingerprint density at radius 2 is 1.87 bits per heavy atom. The summed E-state index contributed by atoms with van der Waals surface area (Å²) in [6.07, 6.45) is 0. The van der Waals surface area contributed by atoms with E-state index >= 15 is 0 Å². The average Bonchev–Trinajstić information content (AvgIpc) is 2.91. The Hall–Kier alpha value is -3.72. The fourth-order valence-corrected chi connectivity index (χ4v) is 4.84. The number of morpholine rings is 1. The Morgan fingerprint density at radius 1 is 1.13 bits per heavy atom. The normalized spacial score (nSPS) is 16.7. The number of amides is 1. The van der Waals surface area contributed by atoms with Gasteiger partial charge >= 0.3 is 5.97 Å². The van der Waals surface area contributed by atoms with Crippen molar-refractivity contribution in [3.63, 3.8) is 0 Å². The maximum Gasteiger partial charge on any atom is 0.337 e. The van der Waals surface area contributed by atoms with Gasteiger partial charge in [-0.15, -0.1) is 0 Å². The van der Waals surface area contributed by atoms with Crippen molar-refractivity contribution < 1.29 is 24.2 Å². The topological polar surface area (TPSA) is 114 Å². The number of nitrogens with two attached hydrogens (primary N) is 1. The molecule has 1 unspecified atom stereocenters. The second-order valence-electron chi connectivity index (χ2n) is 9.72. The number of carbonyl (C=O) groups is 2. The third kappa shape index (κ3) is 6.58. The van der Waals surface area contributed by atoms with Gasteiger partial charge in [0.25, 0.3) is 0 Å². The SMILES string of the molecule is COC(=O)c1ccc([C@H](C)NCC2COCCN2Cc2cc(O)cc(-c3ccc(C(N)=O)cc3C)c2)cc1. The molecule has 38 heavy (non-hydrogen) atoms. The molecule has 3 aromatic rings.